The van der Waals surface area contributed by atoms with Crippen molar-refractivity contribution >= 4 is 5.96 Å². The molecule has 4 nitrogen and oxygen atoms in total. The minimum atomic E-state index is 0.505. The molecule has 0 amide bonds. The van der Waals surface area contributed by atoms with Crippen LogP contribution in [0.15, 0.2) is 35.3 Å². The predicted molar refractivity (Wildman–Crippen MR) is 68.3 cm³/mol. The molecule has 0 fully saturated rings. The van der Waals surface area contributed by atoms with Gasteiger partial charge < -0.3 is 16.0 Å². The summed E-state index contributed by atoms with van der Waals surface area (Å²) in [5, 5.41) is 3.07. The van der Waals surface area contributed by atoms with E-state index in [4.69, 9.17) is 5.73 Å². The summed E-state index contributed by atoms with van der Waals surface area (Å²) in [6, 6.07) is 10.1. The largest absolute Gasteiger partial charge is 0.370 e. The van der Waals surface area contributed by atoms with Gasteiger partial charge in [0.05, 0.1) is 6.54 Å². The number of guanidine groups is 1. The van der Waals surface area contributed by atoms with Crippen LogP contribution in [-0.2, 0) is 6.54 Å². The zero-order chi connectivity index (χ0) is 11.8. The Labute approximate surface area is 97.2 Å². The maximum absolute atomic E-state index is 5.73. The quantitative estimate of drug-likeness (QED) is 0.566. The van der Waals surface area contributed by atoms with Crippen molar-refractivity contribution in [3.05, 3.63) is 35.9 Å². The number of benzene rings is 1. The van der Waals surface area contributed by atoms with Crippen LogP contribution in [-0.4, -0.2) is 38.0 Å². The summed E-state index contributed by atoms with van der Waals surface area (Å²) in [4.78, 5) is 6.35. The summed E-state index contributed by atoms with van der Waals surface area (Å²) in [5.74, 6) is 0.505. The van der Waals surface area contributed by atoms with Crippen LogP contribution in [0.1, 0.15) is 5.56 Å². The molecule has 0 saturated heterocycles. The highest BCUT2D eigenvalue weighted by Crippen LogP contribution is 1.99. The van der Waals surface area contributed by atoms with E-state index in [0.717, 1.165) is 13.1 Å². The van der Waals surface area contributed by atoms with E-state index in [-0.39, 0.29) is 0 Å². The number of aliphatic imine (C=N–C) groups is 1. The van der Waals surface area contributed by atoms with Crippen molar-refractivity contribution in [3.63, 3.8) is 0 Å². The number of nitrogens with one attached hydrogen (secondary N) is 1. The number of nitrogens with two attached hydrogens (primary N) is 1. The molecule has 3 N–H and O–H groups in total. The lowest BCUT2D eigenvalue weighted by Crippen LogP contribution is -2.36. The molecule has 0 unspecified atom stereocenters. The van der Waals surface area contributed by atoms with E-state index < -0.39 is 0 Å². The van der Waals surface area contributed by atoms with E-state index in [1.165, 1.54) is 5.56 Å². The van der Waals surface area contributed by atoms with Crippen LogP contribution in [0, 0.1) is 0 Å². The molecule has 88 valence electrons. The zero-order valence-electron chi connectivity index (χ0n) is 9.98. The average Bonchev–Trinajstić information content (AvgIpc) is 2.27. The molecule has 1 aromatic rings. The Morgan fingerprint density at radius 3 is 2.62 bits per heavy atom. The molecule has 0 heterocycles. The Morgan fingerprint density at radius 2 is 2.00 bits per heavy atom. The van der Waals surface area contributed by atoms with Gasteiger partial charge in [0.1, 0.15) is 0 Å². The van der Waals surface area contributed by atoms with Crippen LogP contribution in [0.3, 0.4) is 0 Å². The highest BCUT2D eigenvalue weighted by atomic mass is 15.1. The molecule has 0 aliphatic carbocycles. The lowest BCUT2D eigenvalue weighted by Gasteiger charge is -2.10. The number of nitrogens with zero attached hydrogens (tertiary/aromatic N) is 2. The first kappa shape index (κ1) is 12.5. The van der Waals surface area contributed by atoms with Gasteiger partial charge in [-0.05, 0) is 19.7 Å². The molecule has 4 heteroatoms. The smallest absolute Gasteiger partial charge is 0.188 e. The summed E-state index contributed by atoms with van der Waals surface area (Å²) >= 11 is 0. The standard InChI is InChI=1S/C12H20N4/c1-16(2)9-8-14-12(13)15-10-11-6-4-3-5-7-11/h3-7H,8-10H2,1-2H3,(H3,13,14,15). The third kappa shape index (κ3) is 5.36. The van der Waals surface area contributed by atoms with Gasteiger partial charge in [-0.3, -0.25) is 0 Å². The van der Waals surface area contributed by atoms with Gasteiger partial charge in [0.15, 0.2) is 5.96 Å². The molecule has 0 aliphatic heterocycles. The van der Waals surface area contributed by atoms with Crippen LogP contribution in [0.5, 0.6) is 0 Å². The van der Waals surface area contributed by atoms with Crippen LogP contribution >= 0.6 is 0 Å². The Morgan fingerprint density at radius 1 is 1.31 bits per heavy atom. The normalized spacial score (nSPS) is 11.8. The topological polar surface area (TPSA) is 53.6 Å². The van der Waals surface area contributed by atoms with Gasteiger partial charge in [-0.25, -0.2) is 4.99 Å². The van der Waals surface area contributed by atoms with Gasteiger partial charge in [-0.15, -0.1) is 0 Å². The Hall–Kier alpha value is -1.55. The first-order valence-electron chi connectivity index (χ1n) is 5.41. The minimum absolute atomic E-state index is 0.505. The molecule has 16 heavy (non-hydrogen) atoms. The van der Waals surface area contributed by atoms with Gasteiger partial charge in [0.2, 0.25) is 0 Å². The Kier molecular flexibility index (Phi) is 5.36. The molecule has 0 atom stereocenters. The van der Waals surface area contributed by atoms with Crippen molar-refractivity contribution in [1.82, 2.24) is 10.2 Å². The monoisotopic (exact) mass is 220 g/mol. The van der Waals surface area contributed by atoms with Crippen molar-refractivity contribution in [3.8, 4) is 0 Å². The van der Waals surface area contributed by atoms with Gasteiger partial charge >= 0.3 is 0 Å². The predicted octanol–water partition coefficient (Wildman–Crippen LogP) is 0.653. The maximum Gasteiger partial charge on any atom is 0.188 e. The Balaban J connectivity index is 2.29. The highest BCUT2D eigenvalue weighted by molar-refractivity contribution is 5.77. The van der Waals surface area contributed by atoms with E-state index >= 15 is 0 Å². The summed E-state index contributed by atoms with van der Waals surface area (Å²) < 4.78 is 0. The first-order valence-corrected chi connectivity index (χ1v) is 5.41. The van der Waals surface area contributed by atoms with Gasteiger partial charge in [-0.2, -0.15) is 0 Å². The minimum Gasteiger partial charge on any atom is -0.370 e. The van der Waals surface area contributed by atoms with E-state index in [9.17, 15) is 0 Å². The molecule has 1 rings (SSSR count). The number of likely N-dealkylation sites (N-methyl/N-ethyl adjacent to an activating group) is 1. The van der Waals surface area contributed by atoms with E-state index in [1.807, 2.05) is 44.4 Å². The SMILES string of the molecule is CN(C)CCNC(N)=NCc1ccccc1. The molecule has 0 saturated carbocycles. The third-order valence-electron chi connectivity index (χ3n) is 2.14. The molecular weight excluding hydrogens is 200 g/mol. The van der Waals surface area contributed by atoms with E-state index in [2.05, 4.69) is 15.2 Å². The van der Waals surface area contributed by atoms with Crippen LogP contribution in [0.25, 0.3) is 0 Å². The van der Waals surface area contributed by atoms with Gasteiger partial charge in [0.25, 0.3) is 0 Å². The number of hydrogen-bond donors (Lipinski definition) is 2. The maximum atomic E-state index is 5.73. The van der Waals surface area contributed by atoms with E-state index in [1.54, 1.807) is 0 Å². The lowest BCUT2D eigenvalue weighted by molar-refractivity contribution is 0.412. The van der Waals surface area contributed by atoms with Crippen LogP contribution < -0.4 is 11.1 Å². The van der Waals surface area contributed by atoms with Crippen molar-refractivity contribution in [2.45, 2.75) is 6.54 Å². The van der Waals surface area contributed by atoms with Gasteiger partial charge in [-0.1, -0.05) is 30.3 Å². The fourth-order valence-corrected chi connectivity index (χ4v) is 1.22. The fourth-order valence-electron chi connectivity index (χ4n) is 1.22. The second kappa shape index (κ2) is 6.85. The van der Waals surface area contributed by atoms with Crippen molar-refractivity contribution in [2.24, 2.45) is 10.7 Å². The Bertz CT molecular complexity index is 319. The highest BCUT2D eigenvalue weighted by Gasteiger charge is 1.93. The van der Waals surface area contributed by atoms with Crippen LogP contribution in [0.2, 0.25) is 0 Å². The average molecular weight is 220 g/mol. The van der Waals surface area contributed by atoms with Crippen molar-refractivity contribution in [2.75, 3.05) is 27.2 Å². The molecule has 0 radical (unpaired) electrons. The van der Waals surface area contributed by atoms with Gasteiger partial charge in [0, 0.05) is 13.1 Å². The number of hydrogen-bond acceptors (Lipinski definition) is 2. The number of rotatable bonds is 5. The first-order chi connectivity index (χ1) is 7.68. The summed E-state index contributed by atoms with van der Waals surface area (Å²) in [6.45, 7) is 2.39. The molecular formula is C12H20N4. The summed E-state index contributed by atoms with van der Waals surface area (Å²) in [6.07, 6.45) is 0. The van der Waals surface area contributed by atoms with Crippen molar-refractivity contribution in [1.29, 1.82) is 0 Å². The summed E-state index contributed by atoms with van der Waals surface area (Å²) in [5.41, 5.74) is 6.89. The zero-order valence-corrected chi connectivity index (χ0v) is 9.98. The second-order valence-corrected chi connectivity index (χ2v) is 3.92. The fraction of sp³-hybridized carbons (Fsp3) is 0.417. The molecule has 0 aliphatic rings. The van der Waals surface area contributed by atoms with E-state index in [0.29, 0.717) is 12.5 Å². The molecule has 1 aromatic carbocycles. The molecule has 0 bridgehead atoms. The lowest BCUT2D eigenvalue weighted by atomic mass is 10.2. The third-order valence-corrected chi connectivity index (χ3v) is 2.14. The van der Waals surface area contributed by atoms with Crippen LogP contribution in [0.4, 0.5) is 0 Å². The molecule has 0 spiro atoms. The molecule has 0 aromatic heterocycles. The second-order valence-electron chi connectivity index (χ2n) is 3.92. The van der Waals surface area contributed by atoms with Crippen molar-refractivity contribution < 1.29 is 0 Å². The summed E-state index contributed by atoms with van der Waals surface area (Å²) in [7, 11) is 4.05.